The van der Waals surface area contributed by atoms with E-state index < -0.39 is 24.7 Å². The van der Waals surface area contributed by atoms with E-state index in [-0.39, 0.29) is 6.04 Å². The number of ether oxygens (including phenoxy) is 1. The van der Waals surface area contributed by atoms with Gasteiger partial charge in [-0.15, -0.1) is 0 Å². The SMILES string of the molecule is CCCN(C(=O)COC(=O)C(F)(F)F)C1CCNCC1. The van der Waals surface area contributed by atoms with Gasteiger partial charge in [-0.1, -0.05) is 6.92 Å². The summed E-state index contributed by atoms with van der Waals surface area (Å²) in [6, 6.07) is -0.00621. The van der Waals surface area contributed by atoms with E-state index in [1.807, 2.05) is 6.92 Å². The zero-order chi connectivity index (χ0) is 15.2. The Morgan fingerprint density at radius 2 is 1.90 bits per heavy atom. The molecule has 0 atom stereocenters. The van der Waals surface area contributed by atoms with Crippen LogP contribution in [-0.4, -0.2) is 55.2 Å². The minimum absolute atomic E-state index is 0.00621. The van der Waals surface area contributed by atoms with Gasteiger partial charge in [0.05, 0.1) is 0 Å². The molecule has 1 saturated heterocycles. The third kappa shape index (κ3) is 4.99. The highest BCUT2D eigenvalue weighted by molar-refractivity contribution is 5.82. The summed E-state index contributed by atoms with van der Waals surface area (Å²) in [5, 5.41) is 3.15. The molecular weight excluding hydrogens is 277 g/mol. The van der Waals surface area contributed by atoms with Crippen LogP contribution in [0.1, 0.15) is 26.2 Å². The Hall–Kier alpha value is -1.31. The zero-order valence-electron chi connectivity index (χ0n) is 11.3. The van der Waals surface area contributed by atoms with Crippen LogP contribution in [-0.2, 0) is 14.3 Å². The van der Waals surface area contributed by atoms with Gasteiger partial charge in [-0.2, -0.15) is 13.2 Å². The van der Waals surface area contributed by atoms with Crippen LogP contribution in [0.3, 0.4) is 0 Å². The molecule has 1 N–H and O–H groups in total. The standard InChI is InChI=1S/C12H19F3N2O3/c1-2-7-17(9-3-5-16-6-4-9)10(18)8-20-11(19)12(13,14)15/h9,16H,2-8H2,1H3. The molecule has 0 bridgehead atoms. The van der Waals surface area contributed by atoms with Crippen molar-refractivity contribution in [3.05, 3.63) is 0 Å². The molecule has 0 radical (unpaired) electrons. The molecule has 1 fully saturated rings. The summed E-state index contributed by atoms with van der Waals surface area (Å²) in [4.78, 5) is 24.0. The van der Waals surface area contributed by atoms with Gasteiger partial charge < -0.3 is 15.0 Å². The number of alkyl halides is 3. The molecule has 5 nitrogen and oxygen atoms in total. The number of hydrogen-bond acceptors (Lipinski definition) is 4. The first-order valence-corrected chi connectivity index (χ1v) is 6.60. The second-order valence-electron chi connectivity index (χ2n) is 4.64. The fourth-order valence-electron chi connectivity index (χ4n) is 2.16. The van der Waals surface area contributed by atoms with Crippen molar-refractivity contribution >= 4 is 11.9 Å². The number of esters is 1. The van der Waals surface area contributed by atoms with Crippen molar-refractivity contribution < 1.29 is 27.5 Å². The number of hydrogen-bond donors (Lipinski definition) is 1. The van der Waals surface area contributed by atoms with Gasteiger partial charge in [0.1, 0.15) is 0 Å². The summed E-state index contributed by atoms with van der Waals surface area (Å²) in [6.45, 7) is 3.00. The highest BCUT2D eigenvalue weighted by Gasteiger charge is 2.41. The Balaban J connectivity index is 2.53. The Labute approximate surface area is 115 Å². The van der Waals surface area contributed by atoms with E-state index in [4.69, 9.17) is 0 Å². The van der Waals surface area contributed by atoms with Crippen LogP contribution in [0.25, 0.3) is 0 Å². The number of halogens is 3. The largest absolute Gasteiger partial charge is 0.490 e. The maximum absolute atomic E-state index is 12.0. The van der Waals surface area contributed by atoms with Crippen molar-refractivity contribution in [3.63, 3.8) is 0 Å². The van der Waals surface area contributed by atoms with E-state index in [2.05, 4.69) is 10.1 Å². The van der Waals surface area contributed by atoms with Gasteiger partial charge in [0.15, 0.2) is 6.61 Å². The molecule has 0 aromatic carbocycles. The van der Waals surface area contributed by atoms with E-state index in [1.165, 1.54) is 4.90 Å². The summed E-state index contributed by atoms with van der Waals surface area (Å²) in [5.74, 6) is -2.90. The molecule has 8 heteroatoms. The van der Waals surface area contributed by atoms with E-state index in [0.717, 1.165) is 25.9 Å². The van der Waals surface area contributed by atoms with E-state index in [1.54, 1.807) is 0 Å². The van der Waals surface area contributed by atoms with Gasteiger partial charge in [0, 0.05) is 12.6 Å². The maximum atomic E-state index is 12.0. The smallest absolute Gasteiger partial charge is 0.449 e. The quantitative estimate of drug-likeness (QED) is 0.771. The highest BCUT2D eigenvalue weighted by atomic mass is 19.4. The van der Waals surface area contributed by atoms with Crippen molar-refractivity contribution in [1.29, 1.82) is 0 Å². The Kier molecular flexibility index (Phi) is 6.25. The number of nitrogens with zero attached hydrogens (tertiary/aromatic N) is 1. The third-order valence-electron chi connectivity index (χ3n) is 3.09. The van der Waals surface area contributed by atoms with Crippen LogP contribution in [0.2, 0.25) is 0 Å². The predicted molar refractivity (Wildman–Crippen MR) is 64.9 cm³/mol. The first-order valence-electron chi connectivity index (χ1n) is 6.60. The van der Waals surface area contributed by atoms with Crippen molar-refractivity contribution in [3.8, 4) is 0 Å². The van der Waals surface area contributed by atoms with Gasteiger partial charge in [0.2, 0.25) is 0 Å². The molecule has 1 amide bonds. The molecule has 0 aromatic rings. The second-order valence-corrected chi connectivity index (χ2v) is 4.64. The summed E-state index contributed by atoms with van der Waals surface area (Å²) in [7, 11) is 0. The highest BCUT2D eigenvalue weighted by Crippen LogP contribution is 2.17. The van der Waals surface area contributed by atoms with Gasteiger partial charge in [-0.3, -0.25) is 4.79 Å². The molecule has 1 aliphatic heterocycles. The average molecular weight is 296 g/mol. The topological polar surface area (TPSA) is 58.6 Å². The van der Waals surface area contributed by atoms with Crippen LogP contribution in [0.5, 0.6) is 0 Å². The molecule has 116 valence electrons. The molecule has 1 aliphatic rings. The van der Waals surface area contributed by atoms with E-state index >= 15 is 0 Å². The van der Waals surface area contributed by atoms with E-state index in [9.17, 15) is 22.8 Å². The molecule has 20 heavy (non-hydrogen) atoms. The van der Waals surface area contributed by atoms with Gasteiger partial charge in [-0.25, -0.2) is 4.79 Å². The summed E-state index contributed by atoms with van der Waals surface area (Å²) in [6.07, 6.45) is -2.87. The Bertz CT molecular complexity index is 341. The first kappa shape index (κ1) is 16.7. The maximum Gasteiger partial charge on any atom is 0.490 e. The number of amides is 1. The van der Waals surface area contributed by atoms with Crippen molar-refractivity contribution in [2.75, 3.05) is 26.2 Å². The van der Waals surface area contributed by atoms with E-state index in [0.29, 0.717) is 13.0 Å². The van der Waals surface area contributed by atoms with Crippen LogP contribution in [0.15, 0.2) is 0 Å². The minimum atomic E-state index is -5.06. The fraction of sp³-hybridized carbons (Fsp3) is 0.833. The lowest BCUT2D eigenvalue weighted by Gasteiger charge is -2.34. The molecule has 0 aliphatic carbocycles. The number of nitrogens with one attached hydrogen (secondary N) is 1. The third-order valence-corrected chi connectivity index (χ3v) is 3.09. The van der Waals surface area contributed by atoms with Gasteiger partial charge in [0.25, 0.3) is 5.91 Å². The molecule has 0 aromatic heterocycles. The van der Waals surface area contributed by atoms with Crippen molar-refractivity contribution in [2.45, 2.75) is 38.4 Å². The van der Waals surface area contributed by atoms with Crippen LogP contribution < -0.4 is 5.32 Å². The molecule has 1 rings (SSSR count). The van der Waals surface area contributed by atoms with Gasteiger partial charge in [-0.05, 0) is 32.4 Å². The second kappa shape index (κ2) is 7.47. The Morgan fingerprint density at radius 1 is 1.30 bits per heavy atom. The Morgan fingerprint density at radius 3 is 2.40 bits per heavy atom. The number of piperidine rings is 1. The fourth-order valence-corrected chi connectivity index (χ4v) is 2.16. The number of carbonyl (C=O) groups is 2. The van der Waals surface area contributed by atoms with Gasteiger partial charge >= 0.3 is 12.1 Å². The molecular formula is C12H19F3N2O3. The monoisotopic (exact) mass is 296 g/mol. The molecule has 0 saturated carbocycles. The normalized spacial score (nSPS) is 16.8. The van der Waals surface area contributed by atoms with Crippen LogP contribution in [0, 0.1) is 0 Å². The predicted octanol–water partition coefficient (Wildman–Crippen LogP) is 1.08. The van der Waals surface area contributed by atoms with Crippen LogP contribution in [0.4, 0.5) is 13.2 Å². The molecule has 1 heterocycles. The van der Waals surface area contributed by atoms with Crippen molar-refractivity contribution in [2.24, 2.45) is 0 Å². The molecule has 0 spiro atoms. The number of carbonyl (C=O) groups excluding carboxylic acids is 2. The lowest BCUT2D eigenvalue weighted by Crippen LogP contribution is -2.48. The van der Waals surface area contributed by atoms with Crippen LogP contribution >= 0.6 is 0 Å². The summed E-state index contributed by atoms with van der Waals surface area (Å²) in [5.41, 5.74) is 0. The minimum Gasteiger partial charge on any atom is -0.449 e. The summed E-state index contributed by atoms with van der Waals surface area (Å²) >= 11 is 0. The number of rotatable bonds is 5. The average Bonchev–Trinajstić information content (AvgIpc) is 2.41. The van der Waals surface area contributed by atoms with Crippen molar-refractivity contribution in [1.82, 2.24) is 10.2 Å². The lowest BCUT2D eigenvalue weighted by molar-refractivity contribution is -0.200. The molecule has 0 unspecified atom stereocenters. The zero-order valence-corrected chi connectivity index (χ0v) is 11.3. The summed E-state index contributed by atoms with van der Waals surface area (Å²) < 4.78 is 40.0. The first-order chi connectivity index (χ1) is 9.36. The lowest BCUT2D eigenvalue weighted by atomic mass is 10.0.